The van der Waals surface area contributed by atoms with Gasteiger partial charge in [-0.3, -0.25) is 0 Å². The highest BCUT2D eigenvalue weighted by atomic mass is 32.2. The maximum atomic E-state index is 12.1. The topological polar surface area (TPSA) is 61.4 Å². The highest BCUT2D eigenvalue weighted by Crippen LogP contribution is 2.37. The number of amides is 2. The second-order valence-electron chi connectivity index (χ2n) is 6.17. The van der Waals surface area contributed by atoms with Crippen molar-refractivity contribution < 1.29 is 9.90 Å². The van der Waals surface area contributed by atoms with Gasteiger partial charge in [-0.2, -0.15) is 11.8 Å². The van der Waals surface area contributed by atoms with E-state index in [1.807, 2.05) is 23.9 Å². The van der Waals surface area contributed by atoms with Crippen LogP contribution in [0.15, 0.2) is 18.2 Å². The summed E-state index contributed by atoms with van der Waals surface area (Å²) in [7, 11) is 0. The lowest BCUT2D eigenvalue weighted by molar-refractivity contribution is 0.236. The van der Waals surface area contributed by atoms with Crippen LogP contribution < -0.4 is 10.6 Å². The Kier molecular flexibility index (Phi) is 4.02. The summed E-state index contributed by atoms with van der Waals surface area (Å²) in [5.41, 5.74) is 2.02. The maximum Gasteiger partial charge on any atom is 0.315 e. The molecular weight excluding hydrogens is 284 g/mol. The Labute approximate surface area is 129 Å². The van der Waals surface area contributed by atoms with Crippen molar-refractivity contribution in [3.8, 4) is 5.75 Å². The molecule has 114 valence electrons. The fourth-order valence-electron chi connectivity index (χ4n) is 3.24. The molecule has 2 atom stereocenters. The number of benzene rings is 1. The molecule has 1 fully saturated rings. The minimum absolute atomic E-state index is 0.0103. The monoisotopic (exact) mass is 306 g/mol. The van der Waals surface area contributed by atoms with Gasteiger partial charge in [-0.25, -0.2) is 4.79 Å². The van der Waals surface area contributed by atoms with Gasteiger partial charge in [0.05, 0.1) is 6.04 Å². The first-order valence-corrected chi connectivity index (χ1v) is 8.55. The molecule has 3 rings (SSSR count). The first kappa shape index (κ1) is 14.6. The number of carbonyl (C=O) groups excluding carboxylic acids is 1. The molecule has 5 heteroatoms. The van der Waals surface area contributed by atoms with Crippen molar-refractivity contribution in [3.05, 3.63) is 29.3 Å². The molecule has 1 aromatic rings. The van der Waals surface area contributed by atoms with Crippen LogP contribution in [0.3, 0.4) is 0 Å². The Bertz CT molecular complexity index is 541. The standard InChI is InChI=1S/C16H22N2O2S/c1-16(8-3-9-21-16)10-17-15(20)18-13-7-6-12-11(13)4-2-5-14(12)19/h2,4-5,13,19H,3,6-10H2,1H3,(H2,17,18,20)/t13-,16-/m1/s1. The number of carbonyl (C=O) groups is 1. The van der Waals surface area contributed by atoms with Gasteiger partial charge in [0.25, 0.3) is 0 Å². The third kappa shape index (κ3) is 3.12. The summed E-state index contributed by atoms with van der Waals surface area (Å²) >= 11 is 1.94. The summed E-state index contributed by atoms with van der Waals surface area (Å²) in [6.45, 7) is 2.93. The summed E-state index contributed by atoms with van der Waals surface area (Å²) in [5.74, 6) is 1.53. The fourth-order valence-corrected chi connectivity index (χ4v) is 4.48. The van der Waals surface area contributed by atoms with Gasteiger partial charge >= 0.3 is 6.03 Å². The molecule has 0 spiro atoms. The number of phenolic OH excluding ortho intramolecular Hbond substituents is 1. The Morgan fingerprint density at radius 3 is 3.14 bits per heavy atom. The molecule has 4 nitrogen and oxygen atoms in total. The normalized spacial score (nSPS) is 27.4. The third-order valence-corrected chi connectivity index (χ3v) is 6.01. The van der Waals surface area contributed by atoms with Crippen molar-refractivity contribution in [2.45, 2.75) is 43.4 Å². The largest absolute Gasteiger partial charge is 0.508 e. The number of rotatable bonds is 3. The predicted molar refractivity (Wildman–Crippen MR) is 85.8 cm³/mol. The highest BCUT2D eigenvalue weighted by Gasteiger charge is 2.30. The molecule has 1 heterocycles. The number of hydrogen-bond donors (Lipinski definition) is 3. The van der Waals surface area contributed by atoms with E-state index in [2.05, 4.69) is 17.6 Å². The number of urea groups is 1. The van der Waals surface area contributed by atoms with Crippen LogP contribution in [0.2, 0.25) is 0 Å². The van der Waals surface area contributed by atoms with Gasteiger partial charge < -0.3 is 15.7 Å². The minimum atomic E-state index is -0.107. The van der Waals surface area contributed by atoms with Gasteiger partial charge in [-0.15, -0.1) is 0 Å². The van der Waals surface area contributed by atoms with E-state index in [1.54, 1.807) is 6.07 Å². The molecule has 0 aromatic heterocycles. The van der Waals surface area contributed by atoms with E-state index in [9.17, 15) is 9.90 Å². The van der Waals surface area contributed by atoms with Gasteiger partial charge in [0.2, 0.25) is 0 Å². The molecule has 2 aliphatic rings. The van der Waals surface area contributed by atoms with Gasteiger partial charge in [-0.05, 0) is 55.6 Å². The molecule has 0 radical (unpaired) electrons. The maximum absolute atomic E-state index is 12.1. The molecule has 0 unspecified atom stereocenters. The lowest BCUT2D eigenvalue weighted by Crippen LogP contribution is -2.43. The molecule has 2 amide bonds. The van der Waals surface area contributed by atoms with Crippen LogP contribution in [0, 0.1) is 0 Å². The third-order valence-electron chi connectivity index (χ3n) is 4.47. The van der Waals surface area contributed by atoms with Crippen LogP contribution >= 0.6 is 11.8 Å². The van der Waals surface area contributed by atoms with Crippen molar-refractivity contribution >= 4 is 17.8 Å². The smallest absolute Gasteiger partial charge is 0.315 e. The van der Waals surface area contributed by atoms with Crippen LogP contribution in [0.25, 0.3) is 0 Å². The number of thioether (sulfide) groups is 1. The average Bonchev–Trinajstić information content (AvgIpc) is 3.06. The van der Waals surface area contributed by atoms with Crippen LogP contribution in [0.1, 0.15) is 43.4 Å². The van der Waals surface area contributed by atoms with Crippen LogP contribution in [0.5, 0.6) is 5.75 Å². The highest BCUT2D eigenvalue weighted by molar-refractivity contribution is 8.00. The second kappa shape index (κ2) is 5.79. The summed E-state index contributed by atoms with van der Waals surface area (Å²) in [5, 5.41) is 15.9. The second-order valence-corrected chi connectivity index (χ2v) is 7.85. The lowest BCUT2D eigenvalue weighted by atomic mass is 10.1. The Hall–Kier alpha value is -1.36. The Balaban J connectivity index is 1.56. The van der Waals surface area contributed by atoms with E-state index >= 15 is 0 Å². The predicted octanol–water partition coefficient (Wildman–Crippen LogP) is 2.96. The molecule has 0 bridgehead atoms. The lowest BCUT2D eigenvalue weighted by Gasteiger charge is -2.24. The number of fused-ring (bicyclic) bond motifs is 1. The summed E-state index contributed by atoms with van der Waals surface area (Å²) in [6, 6.07) is 5.43. The molecule has 3 N–H and O–H groups in total. The number of hydrogen-bond acceptors (Lipinski definition) is 3. The summed E-state index contributed by atoms with van der Waals surface area (Å²) in [6.07, 6.45) is 4.07. The van der Waals surface area contributed by atoms with Crippen LogP contribution in [-0.2, 0) is 6.42 Å². The van der Waals surface area contributed by atoms with E-state index in [0.717, 1.165) is 30.4 Å². The first-order chi connectivity index (χ1) is 10.1. The van der Waals surface area contributed by atoms with Gasteiger partial charge in [0.1, 0.15) is 5.75 Å². The van der Waals surface area contributed by atoms with Crippen LogP contribution in [-0.4, -0.2) is 28.2 Å². The van der Waals surface area contributed by atoms with E-state index < -0.39 is 0 Å². The molecule has 1 aliphatic heterocycles. The molecule has 1 aromatic carbocycles. The van der Waals surface area contributed by atoms with Crippen molar-refractivity contribution in [2.24, 2.45) is 0 Å². The number of phenols is 1. The van der Waals surface area contributed by atoms with E-state index in [4.69, 9.17) is 0 Å². The zero-order chi connectivity index (χ0) is 14.9. The van der Waals surface area contributed by atoms with E-state index in [0.29, 0.717) is 12.3 Å². The molecule has 1 aliphatic carbocycles. The Morgan fingerprint density at radius 1 is 1.52 bits per heavy atom. The summed E-state index contributed by atoms with van der Waals surface area (Å²) in [4.78, 5) is 12.1. The van der Waals surface area contributed by atoms with Gasteiger partial charge in [-0.1, -0.05) is 12.1 Å². The average molecular weight is 306 g/mol. The quantitative estimate of drug-likeness (QED) is 0.804. The van der Waals surface area contributed by atoms with Gasteiger partial charge in [0, 0.05) is 11.3 Å². The molecule has 21 heavy (non-hydrogen) atoms. The summed E-state index contributed by atoms with van der Waals surface area (Å²) < 4.78 is 0.184. The van der Waals surface area contributed by atoms with Crippen molar-refractivity contribution in [1.82, 2.24) is 10.6 Å². The fraction of sp³-hybridized carbons (Fsp3) is 0.562. The number of nitrogens with one attached hydrogen (secondary N) is 2. The first-order valence-electron chi connectivity index (χ1n) is 7.56. The van der Waals surface area contributed by atoms with E-state index in [1.165, 1.54) is 12.2 Å². The Morgan fingerprint density at radius 2 is 2.38 bits per heavy atom. The SMILES string of the molecule is C[C@]1(CNC(=O)N[C@@H]2CCc3c(O)cccc32)CCCS1. The van der Waals surface area contributed by atoms with Crippen molar-refractivity contribution in [3.63, 3.8) is 0 Å². The molecule has 0 saturated carbocycles. The van der Waals surface area contributed by atoms with Crippen molar-refractivity contribution in [1.29, 1.82) is 0 Å². The number of aromatic hydroxyl groups is 1. The zero-order valence-electron chi connectivity index (χ0n) is 12.3. The van der Waals surface area contributed by atoms with Crippen molar-refractivity contribution in [2.75, 3.05) is 12.3 Å². The van der Waals surface area contributed by atoms with E-state index in [-0.39, 0.29) is 16.8 Å². The molecule has 1 saturated heterocycles. The zero-order valence-corrected chi connectivity index (χ0v) is 13.1. The van der Waals surface area contributed by atoms with Crippen LogP contribution in [0.4, 0.5) is 4.79 Å². The minimum Gasteiger partial charge on any atom is -0.508 e. The van der Waals surface area contributed by atoms with Gasteiger partial charge in [0.15, 0.2) is 0 Å². The molecular formula is C16H22N2O2S.